The zero-order valence-corrected chi connectivity index (χ0v) is 16.2. The molecule has 0 unspecified atom stereocenters. The largest absolute Gasteiger partial charge is 0.491 e. The number of nitrogens with one attached hydrogen (secondary N) is 1. The van der Waals surface area contributed by atoms with E-state index in [-0.39, 0.29) is 19.8 Å². The van der Waals surface area contributed by atoms with Gasteiger partial charge in [0, 0.05) is 17.5 Å². The third kappa shape index (κ3) is 4.93. The van der Waals surface area contributed by atoms with Crippen molar-refractivity contribution in [2.75, 3.05) is 25.1 Å². The van der Waals surface area contributed by atoms with Crippen LogP contribution in [0.1, 0.15) is 21.6 Å². The number of amides is 2. The van der Waals surface area contributed by atoms with E-state index in [9.17, 15) is 14.9 Å². The minimum atomic E-state index is -0.999. The number of benzene rings is 1. The van der Waals surface area contributed by atoms with Gasteiger partial charge in [0.05, 0.1) is 18.7 Å². The summed E-state index contributed by atoms with van der Waals surface area (Å²) < 4.78 is 5.34. The zero-order chi connectivity index (χ0) is 20.8. The van der Waals surface area contributed by atoms with E-state index < -0.39 is 12.0 Å². The Hall–Kier alpha value is -3.35. The fourth-order valence-electron chi connectivity index (χ4n) is 2.97. The number of anilines is 1. The molecule has 1 aliphatic rings. The topological polar surface area (TPSA) is 123 Å². The molecule has 1 aromatic heterocycles. The molecule has 3 N–H and O–H groups in total. The Balaban J connectivity index is 1.71. The standard InChI is InChI=1S/C20H19N3O5S/c21-11-16-15-6-7-23(20(26)27)12-17(15)29-19(16)22-18(25)5-4-13-2-1-3-14(10-13)28-9-8-24/h1-5,10,24H,6-9,12H2,(H,22,25)(H,26,27). The first-order chi connectivity index (χ1) is 14.0. The average molecular weight is 413 g/mol. The maximum absolute atomic E-state index is 12.3. The molecule has 0 bridgehead atoms. The van der Waals surface area contributed by atoms with Gasteiger partial charge in [-0.25, -0.2) is 4.79 Å². The number of hydrogen-bond acceptors (Lipinski definition) is 6. The molecule has 0 aliphatic carbocycles. The summed E-state index contributed by atoms with van der Waals surface area (Å²) in [6.45, 7) is 0.651. The first kappa shape index (κ1) is 20.4. The Labute approximate surface area is 171 Å². The van der Waals surface area contributed by atoms with Crippen LogP contribution in [0.2, 0.25) is 0 Å². The van der Waals surface area contributed by atoms with Gasteiger partial charge >= 0.3 is 6.09 Å². The minimum absolute atomic E-state index is 0.0846. The van der Waals surface area contributed by atoms with Gasteiger partial charge in [0.1, 0.15) is 23.4 Å². The molecular formula is C20H19N3O5S. The van der Waals surface area contributed by atoms with Crippen LogP contribution in [0.4, 0.5) is 9.80 Å². The number of fused-ring (bicyclic) bond motifs is 1. The molecule has 3 rings (SSSR count). The maximum atomic E-state index is 12.3. The number of nitriles is 1. The van der Waals surface area contributed by atoms with Gasteiger partial charge in [-0.2, -0.15) is 5.26 Å². The minimum Gasteiger partial charge on any atom is -0.491 e. The quantitative estimate of drug-likeness (QED) is 0.626. The SMILES string of the molecule is N#Cc1c(NC(=O)C=Cc2cccc(OCCO)c2)sc2c1CCN(C(=O)O)C2. The van der Waals surface area contributed by atoms with Crippen LogP contribution in [0.3, 0.4) is 0 Å². The number of ether oxygens (including phenoxy) is 1. The fourth-order valence-corrected chi connectivity index (χ4v) is 4.19. The molecule has 0 spiro atoms. The van der Waals surface area contributed by atoms with Crippen LogP contribution in [0.15, 0.2) is 30.3 Å². The maximum Gasteiger partial charge on any atom is 0.407 e. The first-order valence-corrected chi connectivity index (χ1v) is 9.68. The molecule has 2 aromatic rings. The summed E-state index contributed by atoms with van der Waals surface area (Å²) in [4.78, 5) is 25.6. The summed E-state index contributed by atoms with van der Waals surface area (Å²) >= 11 is 1.23. The van der Waals surface area contributed by atoms with Crippen LogP contribution < -0.4 is 10.1 Å². The zero-order valence-electron chi connectivity index (χ0n) is 15.4. The summed E-state index contributed by atoms with van der Waals surface area (Å²) in [5.41, 5.74) is 1.96. The second-order valence-electron chi connectivity index (χ2n) is 6.24. The smallest absolute Gasteiger partial charge is 0.407 e. The Bertz CT molecular complexity index is 992. The second-order valence-corrected chi connectivity index (χ2v) is 7.35. The molecule has 0 fully saturated rings. The summed E-state index contributed by atoms with van der Waals surface area (Å²) in [6.07, 6.45) is 2.43. The molecule has 8 nitrogen and oxygen atoms in total. The summed E-state index contributed by atoms with van der Waals surface area (Å²) in [7, 11) is 0. The van der Waals surface area contributed by atoms with E-state index in [0.717, 1.165) is 16.0 Å². The van der Waals surface area contributed by atoms with Crippen LogP contribution in [-0.4, -0.2) is 46.9 Å². The molecule has 29 heavy (non-hydrogen) atoms. The number of carbonyl (C=O) groups excluding carboxylic acids is 1. The van der Waals surface area contributed by atoms with Crippen molar-refractivity contribution in [1.82, 2.24) is 4.90 Å². The Morgan fingerprint density at radius 1 is 1.41 bits per heavy atom. The average Bonchev–Trinajstić information content (AvgIpc) is 3.06. The van der Waals surface area contributed by atoms with Gasteiger partial charge < -0.3 is 25.2 Å². The molecule has 150 valence electrons. The lowest BCUT2D eigenvalue weighted by atomic mass is 10.0. The number of carbonyl (C=O) groups is 2. The highest BCUT2D eigenvalue weighted by atomic mass is 32.1. The first-order valence-electron chi connectivity index (χ1n) is 8.87. The Morgan fingerprint density at radius 2 is 2.24 bits per heavy atom. The van der Waals surface area contributed by atoms with Crippen molar-refractivity contribution >= 4 is 34.4 Å². The van der Waals surface area contributed by atoms with E-state index in [1.54, 1.807) is 30.3 Å². The number of thiophene rings is 1. The number of aliphatic hydroxyl groups is 1. The number of carboxylic acid groups (broad SMARTS) is 1. The van der Waals surface area contributed by atoms with E-state index in [2.05, 4.69) is 11.4 Å². The van der Waals surface area contributed by atoms with Crippen molar-refractivity contribution in [3.63, 3.8) is 0 Å². The second kappa shape index (κ2) is 9.23. The normalized spacial score (nSPS) is 13.0. The van der Waals surface area contributed by atoms with E-state index >= 15 is 0 Å². The van der Waals surface area contributed by atoms with Gasteiger partial charge in [-0.05, 0) is 35.8 Å². The van der Waals surface area contributed by atoms with Gasteiger partial charge in [-0.1, -0.05) is 12.1 Å². The van der Waals surface area contributed by atoms with Crippen LogP contribution >= 0.6 is 11.3 Å². The van der Waals surface area contributed by atoms with Crippen molar-refractivity contribution in [3.05, 3.63) is 51.9 Å². The van der Waals surface area contributed by atoms with E-state index in [4.69, 9.17) is 14.9 Å². The van der Waals surface area contributed by atoms with Gasteiger partial charge in [-0.3, -0.25) is 4.79 Å². The highest BCUT2D eigenvalue weighted by Crippen LogP contribution is 2.36. The monoisotopic (exact) mass is 413 g/mol. The fraction of sp³-hybridized carbons (Fsp3) is 0.250. The van der Waals surface area contributed by atoms with Crippen molar-refractivity contribution < 1.29 is 24.5 Å². The molecule has 1 aromatic carbocycles. The van der Waals surface area contributed by atoms with Crippen LogP contribution in [0.25, 0.3) is 6.08 Å². The lowest BCUT2D eigenvalue weighted by Gasteiger charge is -2.23. The molecule has 2 amide bonds. The highest BCUT2D eigenvalue weighted by molar-refractivity contribution is 7.16. The predicted octanol–water partition coefficient (Wildman–Crippen LogP) is 2.68. The van der Waals surface area contributed by atoms with Crippen LogP contribution in [0, 0.1) is 11.3 Å². The molecule has 0 radical (unpaired) electrons. The van der Waals surface area contributed by atoms with Crippen molar-refractivity contribution in [1.29, 1.82) is 5.26 Å². The van der Waals surface area contributed by atoms with Gasteiger partial charge in [0.15, 0.2) is 0 Å². The Kier molecular flexibility index (Phi) is 6.49. The third-order valence-corrected chi connectivity index (χ3v) is 5.45. The van der Waals surface area contributed by atoms with Crippen molar-refractivity contribution in [3.8, 4) is 11.8 Å². The number of aliphatic hydroxyl groups excluding tert-OH is 1. The molecule has 2 heterocycles. The third-order valence-electron chi connectivity index (χ3n) is 4.32. The van der Waals surface area contributed by atoms with Crippen LogP contribution in [0.5, 0.6) is 5.75 Å². The summed E-state index contributed by atoms with van der Waals surface area (Å²) in [6, 6.07) is 9.20. The molecule has 9 heteroatoms. The summed E-state index contributed by atoms with van der Waals surface area (Å²) in [5.74, 6) is 0.194. The van der Waals surface area contributed by atoms with Crippen LogP contribution in [-0.2, 0) is 17.8 Å². The number of hydrogen-bond donors (Lipinski definition) is 3. The van der Waals surface area contributed by atoms with Gasteiger partial charge in [0.2, 0.25) is 5.91 Å². The predicted molar refractivity (Wildman–Crippen MR) is 108 cm³/mol. The molecule has 1 aliphatic heterocycles. The van der Waals surface area contributed by atoms with Gasteiger partial charge in [0.25, 0.3) is 0 Å². The van der Waals surface area contributed by atoms with Crippen molar-refractivity contribution in [2.24, 2.45) is 0 Å². The molecule has 0 saturated heterocycles. The van der Waals surface area contributed by atoms with E-state index in [1.807, 2.05) is 0 Å². The molecule has 0 atom stereocenters. The van der Waals surface area contributed by atoms with E-state index in [0.29, 0.717) is 29.3 Å². The van der Waals surface area contributed by atoms with E-state index in [1.165, 1.54) is 22.3 Å². The number of nitrogens with zero attached hydrogens (tertiary/aromatic N) is 2. The van der Waals surface area contributed by atoms with Crippen molar-refractivity contribution in [2.45, 2.75) is 13.0 Å². The lowest BCUT2D eigenvalue weighted by molar-refractivity contribution is -0.111. The number of rotatable bonds is 6. The Morgan fingerprint density at radius 3 is 2.97 bits per heavy atom. The lowest BCUT2D eigenvalue weighted by Crippen LogP contribution is -2.34. The highest BCUT2D eigenvalue weighted by Gasteiger charge is 2.27. The van der Waals surface area contributed by atoms with Gasteiger partial charge in [-0.15, -0.1) is 11.3 Å². The molecule has 0 saturated carbocycles. The summed E-state index contributed by atoms with van der Waals surface area (Å²) in [5, 5.41) is 30.6. The molecular weight excluding hydrogens is 394 g/mol.